The molecule has 0 radical (unpaired) electrons. The number of alkyl halides is 3. The molecule has 138 valence electrons. The molecule has 1 atom stereocenters. The highest BCUT2D eigenvalue weighted by atomic mass is 19.4. The summed E-state index contributed by atoms with van der Waals surface area (Å²) in [5, 5.41) is 12.5. The third-order valence-corrected chi connectivity index (χ3v) is 4.46. The maximum Gasteiger partial charge on any atom is 0.409 e. The van der Waals surface area contributed by atoms with Crippen molar-refractivity contribution in [2.45, 2.75) is 38.0 Å². The first-order valence-corrected chi connectivity index (χ1v) is 7.84. The van der Waals surface area contributed by atoms with E-state index < -0.39 is 34.3 Å². The van der Waals surface area contributed by atoms with Crippen molar-refractivity contribution < 1.29 is 22.9 Å². The van der Waals surface area contributed by atoms with Crippen molar-refractivity contribution in [1.82, 2.24) is 10.4 Å². The number of nitrogens with zero attached hydrogens (tertiary/aromatic N) is 2. The van der Waals surface area contributed by atoms with Crippen LogP contribution in [0.25, 0.3) is 10.8 Å². The average molecular weight is 367 g/mol. The first-order chi connectivity index (χ1) is 12.0. The van der Waals surface area contributed by atoms with Gasteiger partial charge in [0.05, 0.1) is 10.3 Å². The fraction of sp³-hybridized carbons (Fsp3) is 0.353. The summed E-state index contributed by atoms with van der Waals surface area (Å²) in [6.07, 6.45) is -4.86. The van der Waals surface area contributed by atoms with Gasteiger partial charge in [0.1, 0.15) is 0 Å². The first kappa shape index (κ1) is 18.1. The molecule has 1 saturated heterocycles. The van der Waals surface area contributed by atoms with Crippen LogP contribution in [0.2, 0.25) is 0 Å². The summed E-state index contributed by atoms with van der Waals surface area (Å²) in [6.45, 7) is 3.03. The van der Waals surface area contributed by atoms with Gasteiger partial charge in [-0.25, -0.2) is 0 Å². The van der Waals surface area contributed by atoms with E-state index in [1.54, 1.807) is 0 Å². The maximum absolute atomic E-state index is 14.0. The number of fused-ring (bicyclic) bond motifs is 1. The van der Waals surface area contributed by atoms with Crippen LogP contribution < -0.4 is 5.43 Å². The number of hydrogen-bond donors (Lipinski definition) is 1. The third-order valence-electron chi connectivity index (χ3n) is 4.46. The molecule has 2 aromatic carbocycles. The van der Waals surface area contributed by atoms with E-state index >= 15 is 0 Å². The molecule has 1 fully saturated rings. The topological polar surface area (TPSA) is 75.5 Å². The molecule has 1 heterocycles. The van der Waals surface area contributed by atoms with Gasteiger partial charge in [-0.15, -0.1) is 0 Å². The second-order valence-corrected chi connectivity index (χ2v) is 6.82. The Hall–Kier alpha value is -2.68. The zero-order chi connectivity index (χ0) is 19.3. The monoisotopic (exact) mass is 367 g/mol. The van der Waals surface area contributed by atoms with E-state index in [2.05, 4.69) is 5.43 Å². The number of nitrogens with one attached hydrogen (secondary N) is 1. The second-order valence-electron chi connectivity index (χ2n) is 6.82. The van der Waals surface area contributed by atoms with Crippen LogP contribution in [0.4, 0.5) is 18.9 Å². The molecule has 0 aromatic heterocycles. The number of carbonyl (C=O) groups excluding carboxylic acids is 1. The molecule has 6 nitrogen and oxygen atoms in total. The Morgan fingerprint density at radius 1 is 1.23 bits per heavy atom. The van der Waals surface area contributed by atoms with E-state index in [0.717, 1.165) is 5.01 Å². The smallest absolute Gasteiger partial charge is 0.287 e. The number of non-ortho nitro benzene ring substituents is 1. The van der Waals surface area contributed by atoms with Gasteiger partial charge < -0.3 is 0 Å². The van der Waals surface area contributed by atoms with Crippen LogP contribution in [0.1, 0.15) is 31.9 Å². The Kier molecular flexibility index (Phi) is 4.14. The van der Waals surface area contributed by atoms with Crippen molar-refractivity contribution >= 4 is 22.4 Å². The number of nitro benzene ring substituents is 1. The van der Waals surface area contributed by atoms with Crippen molar-refractivity contribution in [2.75, 3.05) is 0 Å². The lowest BCUT2D eigenvalue weighted by molar-refractivity contribution is -0.383. The van der Waals surface area contributed by atoms with Gasteiger partial charge in [-0.2, -0.15) is 18.2 Å². The molecule has 9 heteroatoms. The van der Waals surface area contributed by atoms with Gasteiger partial charge >= 0.3 is 6.18 Å². The standard InChI is InChI=1S/C17H16F3N3O3/c1-16(2)9-13(24)21-22(16)15(17(18,19)20)11-7-3-5-10-6-4-8-12(14(10)11)23(25)26/h3-8,15H,9H2,1-2H3,(H,21,24)/t15-/m0/s1. The van der Waals surface area contributed by atoms with E-state index in [0.29, 0.717) is 5.39 Å². The minimum Gasteiger partial charge on any atom is -0.287 e. The Bertz CT molecular complexity index is 890. The zero-order valence-electron chi connectivity index (χ0n) is 14.0. The van der Waals surface area contributed by atoms with Crippen molar-refractivity contribution in [3.63, 3.8) is 0 Å². The Labute approximate surface area is 146 Å². The molecular formula is C17H16F3N3O3. The molecule has 3 rings (SSSR count). The predicted molar refractivity (Wildman–Crippen MR) is 88.1 cm³/mol. The molecule has 1 amide bonds. The van der Waals surface area contributed by atoms with E-state index in [-0.39, 0.29) is 17.4 Å². The number of nitro groups is 1. The second kappa shape index (κ2) is 5.94. The lowest BCUT2D eigenvalue weighted by Gasteiger charge is -2.38. The summed E-state index contributed by atoms with van der Waals surface area (Å²) < 4.78 is 42.1. The van der Waals surface area contributed by atoms with E-state index in [4.69, 9.17) is 0 Å². The molecule has 0 bridgehead atoms. The zero-order valence-corrected chi connectivity index (χ0v) is 14.0. The van der Waals surface area contributed by atoms with Crippen molar-refractivity contribution in [3.8, 4) is 0 Å². The maximum atomic E-state index is 14.0. The van der Waals surface area contributed by atoms with Crippen LogP contribution in [0.3, 0.4) is 0 Å². The number of halogens is 3. The molecule has 26 heavy (non-hydrogen) atoms. The normalized spacial score (nSPS) is 18.7. The van der Waals surface area contributed by atoms with Gasteiger partial charge in [-0.1, -0.05) is 30.3 Å². The summed E-state index contributed by atoms with van der Waals surface area (Å²) in [5.41, 5.74) is 0.486. The average Bonchev–Trinajstić information content (AvgIpc) is 2.78. The summed E-state index contributed by atoms with van der Waals surface area (Å²) in [6, 6.07) is 6.06. The van der Waals surface area contributed by atoms with Crippen LogP contribution in [0.5, 0.6) is 0 Å². The minimum atomic E-state index is -4.76. The van der Waals surface area contributed by atoms with Crippen LogP contribution in [0, 0.1) is 10.1 Å². The summed E-state index contributed by atoms with van der Waals surface area (Å²) >= 11 is 0. The van der Waals surface area contributed by atoms with Crippen LogP contribution in [-0.2, 0) is 4.79 Å². The molecule has 2 aromatic rings. The number of rotatable bonds is 3. The molecule has 0 unspecified atom stereocenters. The fourth-order valence-electron chi connectivity index (χ4n) is 3.41. The van der Waals surface area contributed by atoms with Gasteiger partial charge in [0, 0.05) is 18.0 Å². The minimum absolute atomic E-state index is 0.0840. The highest BCUT2D eigenvalue weighted by molar-refractivity contribution is 5.94. The number of carbonyl (C=O) groups is 1. The molecule has 1 aliphatic rings. The number of hydrogen-bond acceptors (Lipinski definition) is 4. The van der Waals surface area contributed by atoms with Crippen LogP contribution >= 0.6 is 0 Å². The fourth-order valence-corrected chi connectivity index (χ4v) is 3.41. The number of benzene rings is 2. The lowest BCUT2D eigenvalue weighted by Crippen LogP contribution is -2.51. The van der Waals surface area contributed by atoms with Gasteiger partial charge in [-0.05, 0) is 24.8 Å². The molecule has 1 aliphatic heterocycles. The molecule has 0 saturated carbocycles. The van der Waals surface area contributed by atoms with Gasteiger partial charge in [0.2, 0.25) is 5.91 Å². The summed E-state index contributed by atoms with van der Waals surface area (Å²) in [7, 11) is 0. The quantitative estimate of drug-likeness (QED) is 0.660. The number of hydrazine groups is 1. The first-order valence-electron chi connectivity index (χ1n) is 7.84. The Morgan fingerprint density at radius 3 is 2.35 bits per heavy atom. The van der Waals surface area contributed by atoms with Crippen molar-refractivity contribution in [2.24, 2.45) is 0 Å². The predicted octanol–water partition coefficient (Wildman–Crippen LogP) is 3.87. The largest absolute Gasteiger partial charge is 0.409 e. The van der Waals surface area contributed by atoms with Crippen LogP contribution in [-0.4, -0.2) is 27.6 Å². The van der Waals surface area contributed by atoms with Crippen LogP contribution in [0.15, 0.2) is 36.4 Å². The van der Waals surface area contributed by atoms with E-state index in [1.165, 1.54) is 50.2 Å². The molecule has 0 spiro atoms. The highest BCUT2D eigenvalue weighted by Gasteiger charge is 2.53. The lowest BCUT2D eigenvalue weighted by atomic mass is 9.93. The highest BCUT2D eigenvalue weighted by Crippen LogP contribution is 2.46. The van der Waals surface area contributed by atoms with Gasteiger partial charge in [0.15, 0.2) is 6.04 Å². The number of amides is 1. The Balaban J connectivity index is 2.30. The third kappa shape index (κ3) is 2.98. The van der Waals surface area contributed by atoms with Gasteiger partial charge in [0.25, 0.3) is 5.69 Å². The molecular weight excluding hydrogens is 351 g/mol. The van der Waals surface area contributed by atoms with E-state index in [1.807, 2.05) is 0 Å². The van der Waals surface area contributed by atoms with Crippen molar-refractivity contribution in [1.29, 1.82) is 0 Å². The SMILES string of the molecule is CC1(C)CC(=O)NN1[C@@H](c1cccc2cccc([N+](=O)[O-])c12)C(F)(F)F. The summed E-state index contributed by atoms with van der Waals surface area (Å²) in [4.78, 5) is 22.4. The Morgan fingerprint density at radius 2 is 1.85 bits per heavy atom. The van der Waals surface area contributed by atoms with E-state index in [9.17, 15) is 28.1 Å². The summed E-state index contributed by atoms with van der Waals surface area (Å²) in [5.74, 6) is -0.529. The van der Waals surface area contributed by atoms with Gasteiger partial charge in [-0.3, -0.25) is 20.3 Å². The van der Waals surface area contributed by atoms with Crippen molar-refractivity contribution in [3.05, 3.63) is 52.1 Å². The molecule has 1 N–H and O–H groups in total. The molecule has 0 aliphatic carbocycles.